The molecule has 2 aliphatic heterocycles. The molecular formula is C22H20F2N4O4. The lowest BCUT2D eigenvalue weighted by Gasteiger charge is -2.30. The molecular weight excluding hydrogens is 422 g/mol. The van der Waals surface area contributed by atoms with E-state index in [1.165, 1.54) is 12.3 Å². The number of aryl methyl sites for hydroxylation is 1. The fourth-order valence-corrected chi connectivity index (χ4v) is 3.93. The number of hydrogen-bond donors (Lipinski definition) is 0. The van der Waals surface area contributed by atoms with E-state index >= 15 is 0 Å². The molecule has 3 aromatic rings. The Bertz CT molecular complexity index is 1210. The Hall–Kier alpha value is -3.53. The number of rotatable bonds is 5. The van der Waals surface area contributed by atoms with Gasteiger partial charge in [0.25, 0.3) is 0 Å². The van der Waals surface area contributed by atoms with Crippen LogP contribution in [0.1, 0.15) is 11.3 Å². The van der Waals surface area contributed by atoms with E-state index in [0.717, 1.165) is 12.1 Å². The van der Waals surface area contributed by atoms with E-state index in [1.807, 2.05) is 0 Å². The number of ether oxygens (including phenoxy) is 3. The van der Waals surface area contributed by atoms with Gasteiger partial charge in [-0.3, -0.25) is 9.55 Å². The molecule has 1 atom stereocenters. The number of fused-ring (bicyclic) bond motifs is 3. The van der Waals surface area contributed by atoms with Crippen molar-refractivity contribution in [2.75, 3.05) is 24.7 Å². The monoisotopic (exact) mass is 442 g/mol. The predicted molar refractivity (Wildman–Crippen MR) is 110 cm³/mol. The van der Waals surface area contributed by atoms with E-state index in [-0.39, 0.29) is 29.8 Å². The van der Waals surface area contributed by atoms with Crippen LogP contribution in [0.2, 0.25) is 0 Å². The van der Waals surface area contributed by atoms with E-state index in [4.69, 9.17) is 14.2 Å². The van der Waals surface area contributed by atoms with Gasteiger partial charge in [0.05, 0.1) is 25.8 Å². The van der Waals surface area contributed by atoms with E-state index in [9.17, 15) is 13.6 Å². The number of hydrogen-bond acceptors (Lipinski definition) is 7. The number of pyridine rings is 1. The quantitative estimate of drug-likeness (QED) is 0.601. The van der Waals surface area contributed by atoms with Crippen molar-refractivity contribution in [1.82, 2.24) is 14.5 Å². The van der Waals surface area contributed by atoms with Gasteiger partial charge in [0.1, 0.15) is 18.2 Å². The summed E-state index contributed by atoms with van der Waals surface area (Å²) in [7, 11) is 0. The summed E-state index contributed by atoms with van der Waals surface area (Å²) in [4.78, 5) is 22.5. The molecule has 5 rings (SSSR count). The first-order chi connectivity index (χ1) is 15.5. The molecule has 0 radical (unpaired) electrons. The highest BCUT2D eigenvalue weighted by Crippen LogP contribution is 2.30. The zero-order valence-electron chi connectivity index (χ0n) is 17.3. The zero-order chi connectivity index (χ0) is 22.2. The van der Waals surface area contributed by atoms with Crippen molar-refractivity contribution in [1.29, 1.82) is 0 Å². The second-order valence-electron chi connectivity index (χ2n) is 7.68. The summed E-state index contributed by atoms with van der Waals surface area (Å²) >= 11 is 0. The molecule has 1 fully saturated rings. The van der Waals surface area contributed by atoms with E-state index in [2.05, 4.69) is 14.9 Å². The third kappa shape index (κ3) is 3.89. The highest BCUT2D eigenvalue weighted by Gasteiger charge is 2.33. The van der Waals surface area contributed by atoms with E-state index in [1.54, 1.807) is 23.6 Å². The second kappa shape index (κ2) is 8.19. The Balaban J connectivity index is 1.32. The fourth-order valence-electron chi connectivity index (χ4n) is 3.93. The Morgan fingerprint density at radius 3 is 2.81 bits per heavy atom. The minimum absolute atomic E-state index is 0.0911. The first-order valence-corrected chi connectivity index (χ1v) is 10.2. The number of benzene rings is 1. The molecule has 0 unspecified atom stereocenters. The number of nitrogens with zero attached hydrogens (tertiary/aromatic N) is 4. The molecule has 1 aromatic carbocycles. The third-order valence-corrected chi connectivity index (χ3v) is 5.41. The Labute approximate surface area is 182 Å². The van der Waals surface area contributed by atoms with Crippen LogP contribution in [0.5, 0.6) is 17.4 Å². The van der Waals surface area contributed by atoms with Crippen molar-refractivity contribution in [3.05, 3.63) is 69.9 Å². The van der Waals surface area contributed by atoms with Gasteiger partial charge in [-0.25, -0.2) is 13.6 Å². The van der Waals surface area contributed by atoms with Crippen molar-refractivity contribution in [3.8, 4) is 17.4 Å². The molecule has 0 aliphatic carbocycles. The predicted octanol–water partition coefficient (Wildman–Crippen LogP) is 2.82. The normalized spacial score (nSPS) is 17.1. The zero-order valence-corrected chi connectivity index (χ0v) is 17.3. The van der Waals surface area contributed by atoms with Crippen molar-refractivity contribution in [2.45, 2.75) is 26.1 Å². The van der Waals surface area contributed by atoms with Gasteiger partial charge in [-0.15, -0.1) is 0 Å². The Kier molecular flexibility index (Phi) is 5.22. The molecule has 0 bridgehead atoms. The average molecular weight is 442 g/mol. The van der Waals surface area contributed by atoms with Crippen molar-refractivity contribution < 1.29 is 23.0 Å². The van der Waals surface area contributed by atoms with E-state index < -0.39 is 23.1 Å². The number of morpholine rings is 1. The summed E-state index contributed by atoms with van der Waals surface area (Å²) in [6, 6.07) is 7.11. The number of anilines is 1. The highest BCUT2D eigenvalue weighted by molar-refractivity contribution is 5.47. The van der Waals surface area contributed by atoms with Gasteiger partial charge in [-0.1, -0.05) is 0 Å². The van der Waals surface area contributed by atoms with Gasteiger partial charge in [0.2, 0.25) is 5.88 Å². The maximum Gasteiger partial charge on any atom is 0.352 e. The molecule has 2 aromatic heterocycles. The number of aromatic nitrogens is 3. The summed E-state index contributed by atoms with van der Waals surface area (Å²) in [5.41, 5.74) is 0.472. The lowest BCUT2D eigenvalue weighted by Crippen LogP contribution is -2.43. The first-order valence-electron chi connectivity index (χ1n) is 10.2. The number of halogens is 2. The van der Waals surface area contributed by atoms with Gasteiger partial charge in [-0.2, -0.15) is 4.98 Å². The molecule has 1 saturated heterocycles. The standard InChI is InChI=1S/C22H20F2N4O4/c1-13-6-16(2-3-25-13)32-21-17(23)7-14(8-18(21)24)11-31-19-9-20-27-4-5-30-12-15(27)10-28(20)22(29)26-19/h2-3,6-9,15H,4-5,10-12H2,1H3/t15-/m1/s1. The topological polar surface area (TPSA) is 78.7 Å². The molecule has 8 nitrogen and oxygen atoms in total. The molecule has 0 N–H and O–H groups in total. The molecule has 0 amide bonds. The van der Waals surface area contributed by atoms with Crippen molar-refractivity contribution in [3.63, 3.8) is 0 Å². The Morgan fingerprint density at radius 1 is 1.22 bits per heavy atom. The summed E-state index contributed by atoms with van der Waals surface area (Å²) in [6.45, 7) is 3.89. The van der Waals surface area contributed by atoms with Crippen LogP contribution in [0, 0.1) is 18.6 Å². The van der Waals surface area contributed by atoms with Crippen LogP contribution in [0.25, 0.3) is 0 Å². The molecule has 10 heteroatoms. The maximum absolute atomic E-state index is 14.5. The van der Waals surface area contributed by atoms with Crippen LogP contribution in [0.15, 0.2) is 41.3 Å². The van der Waals surface area contributed by atoms with Crippen LogP contribution >= 0.6 is 0 Å². The third-order valence-electron chi connectivity index (χ3n) is 5.41. The van der Waals surface area contributed by atoms with Crippen molar-refractivity contribution >= 4 is 5.82 Å². The van der Waals surface area contributed by atoms with Crippen LogP contribution < -0.4 is 20.1 Å². The van der Waals surface area contributed by atoms with Crippen LogP contribution in [-0.2, 0) is 17.9 Å². The van der Waals surface area contributed by atoms with Crippen molar-refractivity contribution in [2.24, 2.45) is 0 Å². The van der Waals surface area contributed by atoms with Crippen LogP contribution in [-0.4, -0.2) is 40.3 Å². The van der Waals surface area contributed by atoms with Gasteiger partial charge >= 0.3 is 5.69 Å². The van der Waals surface area contributed by atoms with Gasteiger partial charge < -0.3 is 19.1 Å². The largest absolute Gasteiger partial charge is 0.473 e. The SMILES string of the molecule is Cc1cc(Oc2c(F)cc(COc3cc4n(c(=O)n3)C[C@@H]3COCCN43)cc2F)ccn1. The highest BCUT2D eigenvalue weighted by atomic mass is 19.1. The first kappa shape index (κ1) is 20.4. The van der Waals surface area contributed by atoms with Gasteiger partial charge in [0, 0.05) is 30.6 Å². The van der Waals surface area contributed by atoms with Crippen LogP contribution in [0.4, 0.5) is 14.6 Å². The van der Waals surface area contributed by atoms with Crippen LogP contribution in [0.3, 0.4) is 0 Å². The lowest BCUT2D eigenvalue weighted by atomic mass is 10.2. The summed E-state index contributed by atoms with van der Waals surface area (Å²) < 4.78 is 47.1. The van der Waals surface area contributed by atoms with Gasteiger partial charge in [0.15, 0.2) is 17.4 Å². The molecule has 4 heterocycles. The smallest absolute Gasteiger partial charge is 0.352 e. The molecule has 32 heavy (non-hydrogen) atoms. The summed E-state index contributed by atoms with van der Waals surface area (Å²) in [5.74, 6) is -1.15. The van der Waals surface area contributed by atoms with Gasteiger partial charge in [-0.05, 0) is 30.7 Å². The molecule has 166 valence electrons. The second-order valence-corrected chi connectivity index (χ2v) is 7.68. The lowest BCUT2D eigenvalue weighted by molar-refractivity contribution is 0.0956. The molecule has 0 spiro atoms. The summed E-state index contributed by atoms with van der Waals surface area (Å²) in [5, 5.41) is 0. The molecule has 0 saturated carbocycles. The minimum atomic E-state index is -0.865. The maximum atomic E-state index is 14.5. The summed E-state index contributed by atoms with van der Waals surface area (Å²) in [6.07, 6.45) is 1.49. The minimum Gasteiger partial charge on any atom is -0.473 e. The average Bonchev–Trinajstić information content (AvgIpc) is 3.14. The fraction of sp³-hybridized carbons (Fsp3) is 0.318. The molecule has 2 aliphatic rings. The van der Waals surface area contributed by atoms with E-state index in [0.29, 0.717) is 37.8 Å². The Morgan fingerprint density at radius 2 is 2.03 bits per heavy atom.